The van der Waals surface area contributed by atoms with Gasteiger partial charge in [-0.2, -0.15) is 14.7 Å². The van der Waals surface area contributed by atoms with Gasteiger partial charge in [0.25, 0.3) is 5.91 Å². The van der Waals surface area contributed by atoms with E-state index in [0.29, 0.717) is 23.4 Å². The third-order valence-electron chi connectivity index (χ3n) is 9.05. The highest BCUT2D eigenvalue weighted by molar-refractivity contribution is 7.53. The number of benzene rings is 2. The molecule has 312 valence electrons. The number of aliphatic hydroxyl groups excluding tert-OH is 2. The number of amides is 5. The van der Waals surface area contributed by atoms with Crippen LogP contribution in [0.3, 0.4) is 0 Å². The molecule has 0 aliphatic carbocycles. The van der Waals surface area contributed by atoms with E-state index >= 15 is 0 Å². The number of carbonyl (C=O) groups excluding carboxylic acids is 5. The second-order valence-corrected chi connectivity index (χ2v) is 14.8. The Morgan fingerprint density at radius 2 is 1.47 bits per heavy atom. The fraction of sp³-hybridized carbons (Fsp3) is 0.474. The summed E-state index contributed by atoms with van der Waals surface area (Å²) in [5, 5.41) is 29.0. The first kappa shape index (κ1) is 46.6. The Balaban J connectivity index is 1.63. The lowest BCUT2D eigenvalue weighted by Gasteiger charge is -2.25. The average molecular weight is 817 g/mol. The molecule has 57 heavy (non-hydrogen) atoms. The molecular formula is C38H55N7O11P+. The quantitative estimate of drug-likeness (QED) is 0.0387. The molecule has 0 unspecified atom stereocenters. The lowest BCUT2D eigenvalue weighted by Crippen LogP contribution is -2.59. The van der Waals surface area contributed by atoms with Crippen molar-refractivity contribution in [3.63, 3.8) is 0 Å². The Kier molecular flexibility index (Phi) is 19.7. The summed E-state index contributed by atoms with van der Waals surface area (Å²) < 4.78 is 6.45. The van der Waals surface area contributed by atoms with Gasteiger partial charge in [-0.3, -0.25) is 24.0 Å². The van der Waals surface area contributed by atoms with E-state index in [0.717, 1.165) is 51.9 Å². The summed E-state index contributed by atoms with van der Waals surface area (Å²) in [6.07, 6.45) is 8.63. The lowest BCUT2D eigenvalue weighted by atomic mass is 10.0. The Hall–Kier alpha value is -4.81. The summed E-state index contributed by atoms with van der Waals surface area (Å²) in [5.74, 6) is -4.22. The number of hydrogen-bond acceptors (Lipinski definition) is 12. The van der Waals surface area contributed by atoms with E-state index in [9.17, 15) is 48.9 Å². The number of nitrogens with zero attached hydrogens (tertiary/aromatic N) is 2. The first-order valence-corrected chi connectivity index (χ1v) is 20.3. The zero-order valence-electron chi connectivity index (χ0n) is 32.0. The molecule has 1 aromatic heterocycles. The standard InChI is InChI=1S/C38H54N7O11P/c1-26(56-57(53,54)55)34(35(39)49)44-38(52)32(24-47)43-37(51)31(42-33(48)18-19-41-36(50)29-16-14-28(23-46)15-17-29)21-30-22-40-25-45(30)20-10-5-3-2-4-7-11-27-12-8-6-9-13-27/h6,8-9,12-17,22,25-26,31-32,34,46-47,53-55H,2-5,7,10-11,18-21,23-24H2,1H3,(H5-,39,41,42,43,44,48,49,50,51,52)/p+1/t26-,31+,32+,34+/m1/s1. The number of imidazole rings is 1. The van der Waals surface area contributed by atoms with Crippen LogP contribution < -0.4 is 27.0 Å². The van der Waals surface area contributed by atoms with Crippen molar-refractivity contribution in [2.24, 2.45) is 5.73 Å². The summed E-state index contributed by atoms with van der Waals surface area (Å²) >= 11 is 0. The van der Waals surface area contributed by atoms with Crippen molar-refractivity contribution in [3.8, 4) is 0 Å². The summed E-state index contributed by atoms with van der Waals surface area (Å²) in [6, 6.07) is 11.9. The van der Waals surface area contributed by atoms with E-state index in [1.54, 1.807) is 24.7 Å². The second-order valence-electron chi connectivity index (χ2n) is 13.6. The van der Waals surface area contributed by atoms with E-state index < -0.39 is 68.5 Å². The molecule has 0 aliphatic heterocycles. The maximum Gasteiger partial charge on any atom is 0.567 e. The summed E-state index contributed by atoms with van der Waals surface area (Å²) in [6.45, 7) is 0.506. The van der Waals surface area contributed by atoms with Crippen molar-refractivity contribution in [1.82, 2.24) is 30.8 Å². The van der Waals surface area contributed by atoms with Crippen LogP contribution in [-0.4, -0.2) is 101 Å². The van der Waals surface area contributed by atoms with E-state index in [1.807, 2.05) is 22.8 Å². The van der Waals surface area contributed by atoms with Crippen LogP contribution in [0.15, 0.2) is 67.1 Å². The van der Waals surface area contributed by atoms with Gasteiger partial charge in [0.2, 0.25) is 23.6 Å². The topological polar surface area (TPSA) is 288 Å². The van der Waals surface area contributed by atoms with Gasteiger partial charge in [-0.1, -0.05) is 68.1 Å². The zero-order chi connectivity index (χ0) is 41.8. The van der Waals surface area contributed by atoms with E-state index in [-0.39, 0.29) is 26.0 Å². The number of unbranched alkanes of at least 4 members (excludes halogenated alkanes) is 5. The van der Waals surface area contributed by atoms with Gasteiger partial charge < -0.3 is 41.8 Å². The molecule has 0 bridgehead atoms. The van der Waals surface area contributed by atoms with Gasteiger partial charge in [0.15, 0.2) is 0 Å². The molecule has 18 nitrogen and oxygen atoms in total. The molecule has 2 aromatic carbocycles. The third-order valence-corrected chi connectivity index (χ3v) is 9.67. The zero-order valence-corrected chi connectivity index (χ0v) is 32.9. The molecule has 0 aliphatic rings. The first-order chi connectivity index (χ1) is 27.2. The predicted octanol–water partition coefficient (Wildman–Crippen LogP) is 0.313. The van der Waals surface area contributed by atoms with Gasteiger partial charge in [-0.05, 0) is 49.4 Å². The Morgan fingerprint density at radius 3 is 2.11 bits per heavy atom. The average Bonchev–Trinajstić information content (AvgIpc) is 3.62. The summed E-state index contributed by atoms with van der Waals surface area (Å²) in [7, 11) is -4.84. The molecule has 4 atom stereocenters. The van der Waals surface area contributed by atoms with Crippen molar-refractivity contribution in [2.75, 3.05) is 13.2 Å². The molecular weight excluding hydrogens is 761 g/mol. The molecule has 3 aromatic rings. The molecule has 0 radical (unpaired) electrons. The minimum atomic E-state index is -4.84. The number of aliphatic hydroxyl groups is 2. The van der Waals surface area contributed by atoms with Crippen LogP contribution >= 0.6 is 8.17 Å². The molecule has 3 rings (SSSR count). The van der Waals surface area contributed by atoms with Crippen molar-refractivity contribution >= 4 is 37.7 Å². The van der Waals surface area contributed by atoms with Crippen LogP contribution in [0, 0.1) is 0 Å². The van der Waals surface area contributed by atoms with Crippen LogP contribution in [0.25, 0.3) is 0 Å². The number of rotatable bonds is 26. The first-order valence-electron chi connectivity index (χ1n) is 18.8. The number of aryl methyl sites for hydroxylation is 2. The maximum atomic E-state index is 13.7. The molecule has 0 saturated carbocycles. The van der Waals surface area contributed by atoms with Crippen molar-refractivity contribution in [3.05, 3.63) is 89.5 Å². The van der Waals surface area contributed by atoms with Crippen molar-refractivity contribution in [1.29, 1.82) is 0 Å². The smallest absolute Gasteiger partial charge is 0.394 e. The largest absolute Gasteiger partial charge is 0.567 e. The Morgan fingerprint density at radius 1 is 0.825 bits per heavy atom. The van der Waals surface area contributed by atoms with Gasteiger partial charge in [0.1, 0.15) is 24.2 Å². The minimum Gasteiger partial charge on any atom is -0.394 e. The molecule has 0 fully saturated rings. The van der Waals surface area contributed by atoms with Gasteiger partial charge in [0.05, 0.1) is 19.5 Å². The van der Waals surface area contributed by atoms with Gasteiger partial charge in [-0.15, -0.1) is 4.52 Å². The number of nitrogens with one attached hydrogen (secondary N) is 4. The number of aromatic nitrogens is 2. The lowest BCUT2D eigenvalue weighted by molar-refractivity contribution is -0.135. The second kappa shape index (κ2) is 24.1. The van der Waals surface area contributed by atoms with Crippen molar-refractivity contribution < 1.29 is 53.4 Å². The normalized spacial score (nSPS) is 13.5. The molecule has 0 spiro atoms. The van der Waals surface area contributed by atoms with E-state index in [2.05, 4.69) is 42.9 Å². The predicted molar refractivity (Wildman–Crippen MR) is 209 cm³/mol. The number of primary amides is 1. The highest BCUT2D eigenvalue weighted by Gasteiger charge is 2.41. The van der Waals surface area contributed by atoms with E-state index in [4.69, 9.17) is 5.73 Å². The highest BCUT2D eigenvalue weighted by atomic mass is 31.2. The highest BCUT2D eigenvalue weighted by Crippen LogP contribution is 2.47. The molecule has 0 saturated heterocycles. The monoisotopic (exact) mass is 816 g/mol. The van der Waals surface area contributed by atoms with Crippen LogP contribution in [0.1, 0.15) is 79.0 Å². The molecule has 5 amide bonds. The Labute approximate surface area is 331 Å². The number of nitrogens with two attached hydrogens (primary N) is 1. The molecule has 1 heterocycles. The number of hydrogen-bond donors (Lipinski definition) is 10. The van der Waals surface area contributed by atoms with Crippen LogP contribution in [0.5, 0.6) is 0 Å². The molecule has 19 heteroatoms. The summed E-state index contributed by atoms with van der Waals surface area (Å²) in [5.41, 5.74) is 8.21. The van der Waals surface area contributed by atoms with Gasteiger partial charge >= 0.3 is 8.17 Å². The van der Waals surface area contributed by atoms with Gasteiger partial charge in [0, 0.05) is 43.4 Å². The molecule has 11 N–H and O–H groups in total. The third kappa shape index (κ3) is 17.1. The fourth-order valence-corrected chi connectivity index (χ4v) is 6.51. The van der Waals surface area contributed by atoms with Crippen LogP contribution in [0.4, 0.5) is 0 Å². The summed E-state index contributed by atoms with van der Waals surface area (Å²) in [4.78, 5) is 96.4. The Bertz CT molecular complexity index is 1720. The van der Waals surface area contributed by atoms with E-state index in [1.165, 1.54) is 17.7 Å². The maximum absolute atomic E-state index is 13.7. The van der Waals surface area contributed by atoms with Gasteiger partial charge in [-0.25, -0.2) is 4.98 Å². The number of carbonyl (C=O) groups is 5. The van der Waals surface area contributed by atoms with Crippen LogP contribution in [-0.2, 0) is 49.7 Å². The van der Waals surface area contributed by atoms with Crippen LogP contribution in [0.2, 0.25) is 0 Å². The fourth-order valence-electron chi connectivity index (χ4n) is 5.94. The minimum absolute atomic E-state index is 0.0650. The SMILES string of the molecule is C[C@@H](O[P+](O)(O)O)[C@H](NC(=O)[C@H](CO)NC(=O)[C@H](Cc1cncn1CCCCCCCCc1ccccc1)NC(=O)CCNC(=O)c1ccc(CO)cc1)C(N)=O. The van der Waals surface area contributed by atoms with Crippen molar-refractivity contribution in [2.45, 2.75) is 102 Å².